The van der Waals surface area contributed by atoms with Crippen molar-refractivity contribution >= 4 is 11.9 Å². The highest BCUT2D eigenvalue weighted by molar-refractivity contribution is 5.95. The molecule has 156 valence electrons. The lowest BCUT2D eigenvalue weighted by atomic mass is 9.99. The molecule has 29 heavy (non-hydrogen) atoms. The molecule has 0 saturated heterocycles. The first kappa shape index (κ1) is 22.5. The molecule has 0 saturated carbocycles. The molecule has 2 rings (SSSR count). The zero-order valence-electron chi connectivity index (χ0n) is 18.2. The number of amides is 1. The predicted octanol–water partition coefficient (Wildman–Crippen LogP) is 4.41. The first-order valence-corrected chi connectivity index (χ1v) is 9.85. The molecule has 5 nitrogen and oxygen atoms in total. The number of nitrogens with zero attached hydrogens (tertiary/aromatic N) is 1. The Morgan fingerprint density at radius 1 is 1.00 bits per heavy atom. The maximum absolute atomic E-state index is 13.0. The van der Waals surface area contributed by atoms with Crippen molar-refractivity contribution in [1.29, 1.82) is 0 Å². The second-order valence-electron chi connectivity index (χ2n) is 8.12. The van der Waals surface area contributed by atoms with Crippen molar-refractivity contribution in [3.63, 3.8) is 0 Å². The van der Waals surface area contributed by atoms with E-state index >= 15 is 0 Å². The predicted molar refractivity (Wildman–Crippen MR) is 114 cm³/mol. The molecule has 0 unspecified atom stereocenters. The van der Waals surface area contributed by atoms with Crippen molar-refractivity contribution < 1.29 is 19.1 Å². The molecule has 0 atom stereocenters. The summed E-state index contributed by atoms with van der Waals surface area (Å²) in [6, 6.07) is 13.2. The topological polar surface area (TPSA) is 55.8 Å². The second-order valence-corrected chi connectivity index (χ2v) is 8.12. The third kappa shape index (κ3) is 6.63. The smallest absolute Gasteiger partial charge is 0.310 e. The van der Waals surface area contributed by atoms with Crippen LogP contribution in [0.2, 0.25) is 0 Å². The number of rotatable bonds is 7. The van der Waals surface area contributed by atoms with Crippen LogP contribution in [0, 0.1) is 0 Å². The maximum atomic E-state index is 13.0. The molecule has 0 aliphatic carbocycles. The van der Waals surface area contributed by atoms with Crippen LogP contribution in [0.15, 0.2) is 42.5 Å². The van der Waals surface area contributed by atoms with Crippen LogP contribution in [-0.4, -0.2) is 36.5 Å². The molecule has 0 aromatic heterocycles. The number of hydrogen-bond donors (Lipinski definition) is 0. The molecule has 0 bridgehead atoms. The Morgan fingerprint density at radius 3 is 2.17 bits per heavy atom. The number of methoxy groups -OCH3 is 1. The van der Waals surface area contributed by atoms with Crippen molar-refractivity contribution in [3.8, 4) is 5.75 Å². The summed E-state index contributed by atoms with van der Waals surface area (Å²) in [5.74, 6) is 0.480. The fraction of sp³-hybridized carbons (Fsp3) is 0.417. The number of aryl methyl sites for hydroxylation is 1. The summed E-state index contributed by atoms with van der Waals surface area (Å²) in [6.07, 6.45) is 0.903. The quantitative estimate of drug-likeness (QED) is 0.649. The number of carbonyl (C=O) groups excluding carboxylic acids is 2. The minimum Gasteiger partial charge on any atom is -0.497 e. The Kier molecular flexibility index (Phi) is 7.43. The second kappa shape index (κ2) is 9.59. The lowest BCUT2D eigenvalue weighted by molar-refractivity contribution is -0.153. The molecule has 0 aliphatic heterocycles. The monoisotopic (exact) mass is 397 g/mol. The van der Waals surface area contributed by atoms with Gasteiger partial charge in [-0.05, 0) is 62.1 Å². The summed E-state index contributed by atoms with van der Waals surface area (Å²) in [7, 11) is 3.42. The standard InChI is InChI=1S/C24H31NO4/c1-7-19-14-18(15-22(26)29-24(2,3)4)10-13-21(19)23(27)25(5)16-17-8-11-20(28-6)12-9-17/h8-14H,7,15-16H2,1-6H3. The van der Waals surface area contributed by atoms with Crippen molar-refractivity contribution in [2.75, 3.05) is 14.2 Å². The maximum Gasteiger partial charge on any atom is 0.310 e. The van der Waals surface area contributed by atoms with Crippen LogP contribution in [0.25, 0.3) is 0 Å². The highest BCUT2D eigenvalue weighted by atomic mass is 16.6. The summed E-state index contributed by atoms with van der Waals surface area (Å²) in [5, 5.41) is 0. The van der Waals surface area contributed by atoms with Crippen LogP contribution in [0.5, 0.6) is 5.75 Å². The minimum absolute atomic E-state index is 0.0403. The van der Waals surface area contributed by atoms with Gasteiger partial charge in [-0.3, -0.25) is 9.59 Å². The fourth-order valence-electron chi connectivity index (χ4n) is 3.08. The van der Waals surface area contributed by atoms with Gasteiger partial charge >= 0.3 is 5.97 Å². The van der Waals surface area contributed by atoms with Crippen molar-refractivity contribution in [2.45, 2.75) is 52.7 Å². The number of esters is 1. The molecule has 0 aliphatic rings. The molecule has 2 aromatic carbocycles. The van der Waals surface area contributed by atoms with E-state index < -0.39 is 5.60 Å². The molecule has 0 N–H and O–H groups in total. The third-order valence-corrected chi connectivity index (χ3v) is 4.47. The van der Waals surface area contributed by atoms with Crippen LogP contribution in [0.3, 0.4) is 0 Å². The van der Waals surface area contributed by atoms with Crippen LogP contribution in [0.1, 0.15) is 54.7 Å². The lowest BCUT2D eigenvalue weighted by Gasteiger charge is -2.21. The van der Waals surface area contributed by atoms with E-state index in [4.69, 9.17) is 9.47 Å². The zero-order chi connectivity index (χ0) is 21.6. The zero-order valence-corrected chi connectivity index (χ0v) is 18.2. The molecule has 0 fully saturated rings. The van der Waals surface area contributed by atoms with Crippen molar-refractivity contribution in [3.05, 3.63) is 64.7 Å². The number of hydrogen-bond acceptors (Lipinski definition) is 4. The van der Waals surface area contributed by atoms with Gasteiger partial charge in [0.25, 0.3) is 5.91 Å². The fourth-order valence-corrected chi connectivity index (χ4v) is 3.08. The van der Waals surface area contributed by atoms with E-state index in [9.17, 15) is 9.59 Å². The molecule has 0 spiro atoms. The summed E-state index contributed by atoms with van der Waals surface area (Å²) in [6.45, 7) is 8.06. The minimum atomic E-state index is -0.509. The van der Waals surface area contributed by atoms with E-state index in [1.54, 1.807) is 19.1 Å². The highest BCUT2D eigenvalue weighted by Gasteiger charge is 2.19. The number of benzene rings is 2. The molecular weight excluding hydrogens is 366 g/mol. The molecule has 2 aromatic rings. The Labute approximate surface area is 173 Å². The van der Waals surface area contributed by atoms with Crippen molar-refractivity contribution in [1.82, 2.24) is 4.90 Å². The summed E-state index contributed by atoms with van der Waals surface area (Å²) < 4.78 is 10.6. The van der Waals surface area contributed by atoms with E-state index in [1.807, 2.05) is 70.2 Å². The van der Waals surface area contributed by atoms with Crippen LogP contribution in [-0.2, 0) is 28.9 Å². The van der Waals surface area contributed by atoms with Gasteiger partial charge in [-0.1, -0.05) is 31.2 Å². The van der Waals surface area contributed by atoms with Gasteiger partial charge in [-0.2, -0.15) is 0 Å². The van der Waals surface area contributed by atoms with Gasteiger partial charge in [0.1, 0.15) is 11.4 Å². The van der Waals surface area contributed by atoms with Gasteiger partial charge in [0.05, 0.1) is 13.5 Å². The van der Waals surface area contributed by atoms with Gasteiger partial charge in [-0.25, -0.2) is 0 Å². The highest BCUT2D eigenvalue weighted by Crippen LogP contribution is 2.19. The van der Waals surface area contributed by atoms with Gasteiger partial charge in [-0.15, -0.1) is 0 Å². The van der Waals surface area contributed by atoms with Crippen LogP contribution < -0.4 is 4.74 Å². The van der Waals surface area contributed by atoms with E-state index in [2.05, 4.69) is 0 Å². The first-order valence-electron chi connectivity index (χ1n) is 9.85. The van der Waals surface area contributed by atoms with E-state index in [1.165, 1.54) is 0 Å². The largest absolute Gasteiger partial charge is 0.497 e. The Morgan fingerprint density at radius 2 is 1.62 bits per heavy atom. The van der Waals surface area contributed by atoms with E-state index in [-0.39, 0.29) is 18.3 Å². The molecule has 1 amide bonds. The average molecular weight is 398 g/mol. The van der Waals surface area contributed by atoms with Gasteiger partial charge in [0.15, 0.2) is 0 Å². The molecule has 0 radical (unpaired) electrons. The Bertz CT molecular complexity index is 850. The molecule has 0 heterocycles. The Balaban J connectivity index is 2.11. The molecular formula is C24H31NO4. The SMILES string of the molecule is CCc1cc(CC(=O)OC(C)(C)C)ccc1C(=O)N(C)Cc1ccc(OC)cc1. The Hall–Kier alpha value is -2.82. The summed E-state index contributed by atoms with van der Waals surface area (Å²) >= 11 is 0. The first-order chi connectivity index (χ1) is 13.6. The average Bonchev–Trinajstić information content (AvgIpc) is 2.66. The summed E-state index contributed by atoms with van der Waals surface area (Å²) in [5.41, 5.74) is 2.96. The summed E-state index contributed by atoms with van der Waals surface area (Å²) in [4.78, 5) is 26.8. The third-order valence-electron chi connectivity index (χ3n) is 4.47. The number of ether oxygens (including phenoxy) is 2. The van der Waals surface area contributed by atoms with E-state index in [0.29, 0.717) is 18.5 Å². The van der Waals surface area contributed by atoms with E-state index in [0.717, 1.165) is 22.4 Å². The number of carbonyl (C=O) groups is 2. The van der Waals surface area contributed by atoms with Gasteiger partial charge in [0, 0.05) is 19.2 Å². The van der Waals surface area contributed by atoms with Crippen LogP contribution >= 0.6 is 0 Å². The normalized spacial score (nSPS) is 11.1. The van der Waals surface area contributed by atoms with Crippen molar-refractivity contribution in [2.24, 2.45) is 0 Å². The van der Waals surface area contributed by atoms with Gasteiger partial charge in [0.2, 0.25) is 0 Å². The van der Waals surface area contributed by atoms with Gasteiger partial charge < -0.3 is 14.4 Å². The molecule has 5 heteroatoms. The lowest BCUT2D eigenvalue weighted by Crippen LogP contribution is -2.27. The van der Waals surface area contributed by atoms with Crippen LogP contribution in [0.4, 0.5) is 0 Å².